The number of carbonyl (C=O) groups is 3. The number of pyridine rings is 1. The third-order valence-electron chi connectivity index (χ3n) is 15.5. The van der Waals surface area contributed by atoms with Crippen LogP contribution in [0.3, 0.4) is 0 Å². The molecule has 0 spiro atoms. The topological polar surface area (TPSA) is 161 Å². The highest BCUT2D eigenvalue weighted by Gasteiger charge is 2.76. The van der Waals surface area contributed by atoms with E-state index in [1.165, 1.54) is 25.3 Å². The summed E-state index contributed by atoms with van der Waals surface area (Å²) in [5, 5.41) is 17.2. The van der Waals surface area contributed by atoms with Gasteiger partial charge in [0.2, 0.25) is 8.32 Å². The van der Waals surface area contributed by atoms with E-state index in [1.54, 1.807) is 43.5 Å². The van der Waals surface area contributed by atoms with Gasteiger partial charge in [0.1, 0.15) is 41.9 Å². The summed E-state index contributed by atoms with van der Waals surface area (Å²) in [5.74, 6) is -3.75. The molecule has 2 bridgehead atoms. The number of aromatic nitrogens is 1. The van der Waals surface area contributed by atoms with E-state index in [0.29, 0.717) is 11.1 Å². The zero-order valence-corrected chi connectivity index (χ0v) is 40.8. The van der Waals surface area contributed by atoms with Gasteiger partial charge in [-0.3, -0.25) is 9.78 Å². The molecule has 3 heterocycles. The molecule has 0 radical (unpaired) electrons. The minimum absolute atomic E-state index is 0.0138. The molecule has 354 valence electrons. The lowest BCUT2D eigenvalue weighted by Gasteiger charge is -2.66. The van der Waals surface area contributed by atoms with Crippen molar-refractivity contribution in [3.8, 4) is 0 Å². The molecule has 0 amide bonds. The van der Waals surface area contributed by atoms with Crippen molar-refractivity contribution in [2.45, 2.75) is 159 Å². The number of likely N-dealkylation sites (N-methyl/N-ethyl adjacent to an activating group) is 1. The lowest BCUT2D eigenvalue weighted by atomic mass is 9.46. The van der Waals surface area contributed by atoms with E-state index in [4.69, 9.17) is 32.8 Å². The molecule has 2 saturated heterocycles. The summed E-state index contributed by atoms with van der Waals surface area (Å²) in [6.45, 7) is 25.2. The molecule has 65 heavy (non-hydrogen) atoms. The van der Waals surface area contributed by atoms with Crippen molar-refractivity contribution in [1.82, 2.24) is 10.3 Å². The van der Waals surface area contributed by atoms with Gasteiger partial charge in [-0.25, -0.2) is 14.0 Å². The summed E-state index contributed by atoms with van der Waals surface area (Å²) >= 11 is 0. The summed E-state index contributed by atoms with van der Waals surface area (Å²) in [6.07, 6.45) is -0.908. The van der Waals surface area contributed by atoms with Gasteiger partial charge in [0.15, 0.2) is 18.0 Å². The van der Waals surface area contributed by atoms with Crippen LogP contribution in [0, 0.1) is 22.6 Å². The molecule has 1 aromatic carbocycles. The van der Waals surface area contributed by atoms with Crippen LogP contribution in [0.2, 0.25) is 16.6 Å². The molecular weight excluding hydrogens is 852 g/mol. The smallest absolute Gasteiger partial charge is 0.338 e. The van der Waals surface area contributed by atoms with Gasteiger partial charge in [0.05, 0.1) is 29.8 Å². The first-order chi connectivity index (χ1) is 30.5. The largest absolute Gasteiger partial charge is 0.456 e. The van der Waals surface area contributed by atoms with Crippen molar-refractivity contribution in [1.29, 1.82) is 0 Å². The molecule has 0 unspecified atom stereocenters. The zero-order valence-electron chi connectivity index (χ0n) is 39.8. The predicted molar refractivity (Wildman–Crippen MR) is 242 cm³/mol. The fraction of sp³-hybridized carbons (Fsp3) is 0.600. The molecule has 13 nitrogen and oxygen atoms in total. The Balaban J connectivity index is 1.44. The van der Waals surface area contributed by atoms with Gasteiger partial charge in [0.25, 0.3) is 0 Å². The summed E-state index contributed by atoms with van der Waals surface area (Å²) in [4.78, 5) is 47.5. The van der Waals surface area contributed by atoms with Crippen molar-refractivity contribution >= 4 is 26.2 Å². The molecule has 2 N–H and O–H groups in total. The van der Waals surface area contributed by atoms with Gasteiger partial charge in [-0.05, 0) is 72.1 Å². The number of nitrogens with zero attached hydrogens (tertiary/aromatic N) is 1. The average molecular weight is 919 g/mol. The lowest BCUT2D eigenvalue weighted by Crippen LogP contribution is -2.78. The number of rotatable bonds is 14. The van der Waals surface area contributed by atoms with Gasteiger partial charge in [-0.15, -0.1) is 0 Å². The van der Waals surface area contributed by atoms with E-state index in [2.05, 4.69) is 58.4 Å². The number of aliphatic hydroxyl groups is 1. The number of esters is 3. The van der Waals surface area contributed by atoms with Crippen LogP contribution in [0.15, 0.2) is 84.6 Å². The van der Waals surface area contributed by atoms with E-state index >= 15 is 9.18 Å². The Morgan fingerprint density at radius 1 is 1.00 bits per heavy atom. The first kappa shape index (κ1) is 48.8. The number of hydrogen-bond acceptors (Lipinski definition) is 13. The predicted octanol–water partition coefficient (Wildman–Crippen LogP) is 7.86. The van der Waals surface area contributed by atoms with Crippen LogP contribution in [-0.2, 0) is 42.4 Å². The molecule has 2 aromatic rings. The quantitative estimate of drug-likeness (QED) is 0.0817. The molecular formula is C50H67FN2O11Si. The third kappa shape index (κ3) is 7.76. The molecule has 1 saturated carbocycles. The minimum Gasteiger partial charge on any atom is -0.456 e. The molecule has 1 aromatic heterocycles. The molecule has 2 aliphatic heterocycles. The van der Waals surface area contributed by atoms with Crippen LogP contribution in [0.1, 0.15) is 105 Å². The highest BCUT2D eigenvalue weighted by molar-refractivity contribution is 6.77. The van der Waals surface area contributed by atoms with Crippen LogP contribution in [-0.4, -0.2) is 104 Å². The Bertz CT molecular complexity index is 2190. The Labute approximate surface area is 383 Å². The first-order valence-electron chi connectivity index (χ1n) is 22.8. The average Bonchev–Trinajstić information content (AvgIpc) is 3.67. The first-order valence-corrected chi connectivity index (χ1v) is 25.0. The number of fused-ring (bicyclic) bond motifs is 8. The Hall–Kier alpha value is -4.09. The maximum Gasteiger partial charge on any atom is 0.338 e. The number of carbonyl (C=O) groups excluding carboxylic acids is 3. The summed E-state index contributed by atoms with van der Waals surface area (Å²) in [7, 11) is -1.29. The van der Waals surface area contributed by atoms with Gasteiger partial charge in [-0.2, -0.15) is 0 Å². The summed E-state index contributed by atoms with van der Waals surface area (Å²) < 4.78 is 62.4. The molecule has 5 aliphatic rings. The van der Waals surface area contributed by atoms with Crippen molar-refractivity contribution in [2.75, 3.05) is 13.7 Å². The molecule has 3 fully saturated rings. The van der Waals surface area contributed by atoms with E-state index in [1.807, 2.05) is 39.8 Å². The second-order valence-corrected chi connectivity index (χ2v) is 25.6. The van der Waals surface area contributed by atoms with Crippen LogP contribution >= 0.6 is 0 Å². The normalized spacial score (nSPS) is 33.5. The fourth-order valence-corrected chi connectivity index (χ4v) is 17.9. The van der Waals surface area contributed by atoms with Crippen LogP contribution in [0.5, 0.6) is 0 Å². The van der Waals surface area contributed by atoms with Gasteiger partial charge in [-0.1, -0.05) is 99.2 Å². The molecule has 15 heteroatoms. The maximum atomic E-state index is 15.8. The second kappa shape index (κ2) is 17.9. The number of halogens is 1. The fourth-order valence-electron chi connectivity index (χ4n) is 12.4. The Morgan fingerprint density at radius 2 is 1.66 bits per heavy atom. The number of benzene rings is 1. The van der Waals surface area contributed by atoms with Crippen molar-refractivity contribution in [3.63, 3.8) is 0 Å². The molecule has 12 atom stereocenters. The number of nitrogens with one attached hydrogen (secondary N) is 1. The third-order valence-corrected chi connectivity index (χ3v) is 21.5. The highest BCUT2D eigenvalue weighted by atomic mass is 28.4. The summed E-state index contributed by atoms with van der Waals surface area (Å²) in [5.41, 5.74) is -4.45. The number of ether oxygens (including phenoxy) is 6. The second-order valence-electron chi connectivity index (χ2n) is 20.2. The Morgan fingerprint density at radius 3 is 2.22 bits per heavy atom. The van der Waals surface area contributed by atoms with Crippen LogP contribution < -0.4 is 5.32 Å². The van der Waals surface area contributed by atoms with E-state index in [9.17, 15) is 14.7 Å². The van der Waals surface area contributed by atoms with E-state index in [0.717, 1.165) is 0 Å². The van der Waals surface area contributed by atoms with Crippen LogP contribution in [0.4, 0.5) is 4.39 Å². The van der Waals surface area contributed by atoms with Crippen molar-refractivity contribution in [2.24, 2.45) is 16.7 Å². The standard InChI is InChI=1S/C50H67FN2O11Si/c1-14-36-60-40-37-30(8)34(59-46(56)41(39(52-13)38-33(51)21-18-24-53-38)64-65(27(2)3,28(4)5)29(6)7)25-50(57,47(37,10)11)44(62-45(55)32-19-16-15-17-20-32)42-48(12,43(40)61-36)23-22-35-49(42,26-58-35)63-31(9)54/h14-24,27-29,34-36,39-44,52,57H,1,25-26H2,2-13H3/t34-,35+,36+,39-,40+,41+,42-,43+,44-,48+,49-,50+/m0/s1. The van der Waals surface area contributed by atoms with E-state index in [-0.39, 0.29) is 40.9 Å². The van der Waals surface area contributed by atoms with Gasteiger partial charge in [0, 0.05) is 30.4 Å². The zero-order chi connectivity index (χ0) is 47.6. The van der Waals surface area contributed by atoms with Gasteiger partial charge >= 0.3 is 17.9 Å². The molecule has 3 aliphatic carbocycles. The number of hydrogen-bond donors (Lipinski definition) is 2. The van der Waals surface area contributed by atoms with E-state index < -0.39 is 109 Å². The monoisotopic (exact) mass is 918 g/mol. The van der Waals surface area contributed by atoms with Crippen LogP contribution in [0.25, 0.3) is 0 Å². The maximum absolute atomic E-state index is 15.8. The van der Waals surface area contributed by atoms with Crippen molar-refractivity contribution < 1.29 is 56.7 Å². The SMILES string of the molecule is C=C[C@@H]1O[C@@H]2C3=C(C)[C@@H](OC(=O)[C@H](O[Si](C(C)C)(C(C)C)C(C)C)[C@@H](NC)c4ncccc4F)C[C@@](O)([C@@H](OC(=O)c4ccccc4)[C@H]4[C@@](C)(C=C[C@H]5OC[C@]54OC(C)=O)[C@@H]2O1)C3(C)C. The lowest BCUT2D eigenvalue weighted by molar-refractivity contribution is -0.316. The minimum atomic E-state index is -2.91. The van der Waals surface area contributed by atoms with Crippen molar-refractivity contribution in [3.05, 3.63) is 102 Å². The summed E-state index contributed by atoms with van der Waals surface area (Å²) in [6, 6.07) is 10.1. The van der Waals surface area contributed by atoms with Gasteiger partial charge < -0.3 is 43.3 Å². The highest BCUT2D eigenvalue weighted by Crippen LogP contribution is 2.65. The molecule has 7 rings (SSSR count). The Kier molecular flexibility index (Phi) is 13.4.